The fourth-order valence-electron chi connectivity index (χ4n) is 5.36. The van der Waals surface area contributed by atoms with Gasteiger partial charge in [-0.1, -0.05) is 43.5 Å². The van der Waals surface area contributed by atoms with E-state index in [-0.39, 0.29) is 24.4 Å². The van der Waals surface area contributed by atoms with Crippen LogP contribution >= 0.6 is 11.3 Å². The molecular formula is C25H31N3O2S. The van der Waals surface area contributed by atoms with E-state index >= 15 is 0 Å². The first-order valence-electron chi connectivity index (χ1n) is 11.6. The van der Waals surface area contributed by atoms with Gasteiger partial charge in [0.2, 0.25) is 11.8 Å². The van der Waals surface area contributed by atoms with Gasteiger partial charge in [0.05, 0.1) is 0 Å². The minimum Gasteiger partial charge on any atom is -0.327 e. The SMILES string of the molecule is O=C1C2CN(Cc3ccc(C4CCCCC4)cc3)CCN2C(=O)CN1Cc1ccsc1. The zero-order valence-electron chi connectivity index (χ0n) is 18.0. The van der Waals surface area contributed by atoms with E-state index in [9.17, 15) is 9.59 Å². The van der Waals surface area contributed by atoms with Crippen LogP contribution < -0.4 is 0 Å². The summed E-state index contributed by atoms with van der Waals surface area (Å²) in [7, 11) is 0. The Balaban J connectivity index is 1.22. The Morgan fingerprint density at radius 3 is 2.45 bits per heavy atom. The highest BCUT2D eigenvalue weighted by atomic mass is 32.1. The lowest BCUT2D eigenvalue weighted by molar-refractivity contribution is -0.160. The molecule has 2 amide bonds. The molecular weight excluding hydrogens is 406 g/mol. The van der Waals surface area contributed by atoms with Gasteiger partial charge in [0.15, 0.2) is 0 Å². The molecule has 2 aromatic rings. The van der Waals surface area contributed by atoms with E-state index in [1.807, 2.05) is 16.8 Å². The van der Waals surface area contributed by atoms with Gasteiger partial charge in [-0.2, -0.15) is 11.3 Å². The molecule has 0 bridgehead atoms. The van der Waals surface area contributed by atoms with Crippen molar-refractivity contribution < 1.29 is 9.59 Å². The second kappa shape index (κ2) is 9.13. The topological polar surface area (TPSA) is 43.9 Å². The van der Waals surface area contributed by atoms with Gasteiger partial charge < -0.3 is 9.80 Å². The zero-order chi connectivity index (χ0) is 21.2. The van der Waals surface area contributed by atoms with Crippen LogP contribution in [-0.4, -0.2) is 58.7 Å². The van der Waals surface area contributed by atoms with Crippen LogP contribution in [0.25, 0.3) is 0 Å². The molecule has 3 heterocycles. The standard InChI is InChI=1S/C25H31N3O2S/c29-24-17-27(15-20-10-13-31-18-20)25(30)23-16-26(11-12-28(23)24)14-19-6-8-22(9-7-19)21-4-2-1-3-5-21/h6-10,13,18,21,23H,1-5,11-12,14-17H2. The summed E-state index contributed by atoms with van der Waals surface area (Å²) < 4.78 is 0. The summed E-state index contributed by atoms with van der Waals surface area (Å²) in [6.45, 7) is 3.65. The summed E-state index contributed by atoms with van der Waals surface area (Å²) in [6, 6.07) is 10.8. The van der Waals surface area contributed by atoms with Crippen molar-refractivity contribution in [3.05, 3.63) is 57.8 Å². The van der Waals surface area contributed by atoms with E-state index in [0.717, 1.165) is 24.6 Å². The molecule has 31 heavy (non-hydrogen) atoms. The third kappa shape index (κ3) is 4.55. The minimum absolute atomic E-state index is 0.0799. The number of carbonyl (C=O) groups is 2. The maximum absolute atomic E-state index is 13.2. The van der Waals surface area contributed by atoms with Crippen molar-refractivity contribution in [2.45, 2.75) is 57.2 Å². The Morgan fingerprint density at radius 1 is 0.903 bits per heavy atom. The van der Waals surface area contributed by atoms with Gasteiger partial charge in [-0.15, -0.1) is 0 Å². The smallest absolute Gasteiger partial charge is 0.247 e. The van der Waals surface area contributed by atoms with Gasteiger partial charge in [-0.25, -0.2) is 0 Å². The number of carbonyl (C=O) groups excluding carboxylic acids is 2. The molecule has 3 aliphatic rings. The summed E-state index contributed by atoms with van der Waals surface area (Å²) in [4.78, 5) is 31.7. The van der Waals surface area contributed by atoms with Crippen LogP contribution in [0.1, 0.15) is 54.7 Å². The highest BCUT2D eigenvalue weighted by Crippen LogP contribution is 2.32. The van der Waals surface area contributed by atoms with Crippen LogP contribution in [0.15, 0.2) is 41.1 Å². The summed E-state index contributed by atoms with van der Waals surface area (Å²) in [5.41, 5.74) is 3.87. The van der Waals surface area contributed by atoms with Gasteiger partial charge in [0.25, 0.3) is 0 Å². The predicted molar refractivity (Wildman–Crippen MR) is 123 cm³/mol. The zero-order valence-corrected chi connectivity index (χ0v) is 18.9. The third-order valence-electron chi connectivity index (χ3n) is 7.12. The number of thiophene rings is 1. The Bertz CT molecular complexity index is 905. The van der Waals surface area contributed by atoms with E-state index in [4.69, 9.17) is 0 Å². The Morgan fingerprint density at radius 2 is 1.71 bits per heavy atom. The lowest BCUT2D eigenvalue weighted by atomic mass is 9.84. The number of rotatable bonds is 5. The van der Waals surface area contributed by atoms with E-state index in [2.05, 4.69) is 29.2 Å². The van der Waals surface area contributed by atoms with Crippen molar-refractivity contribution in [2.75, 3.05) is 26.2 Å². The van der Waals surface area contributed by atoms with Crippen molar-refractivity contribution in [3.63, 3.8) is 0 Å². The average Bonchev–Trinajstić information content (AvgIpc) is 3.31. The van der Waals surface area contributed by atoms with Crippen LogP contribution in [0.3, 0.4) is 0 Å². The van der Waals surface area contributed by atoms with Crippen molar-refractivity contribution in [1.82, 2.24) is 14.7 Å². The second-order valence-corrected chi connectivity index (χ2v) is 10.0. The maximum atomic E-state index is 13.2. The van der Waals surface area contributed by atoms with Crippen molar-refractivity contribution >= 4 is 23.2 Å². The van der Waals surface area contributed by atoms with Gasteiger partial charge in [0.1, 0.15) is 12.6 Å². The summed E-state index contributed by atoms with van der Waals surface area (Å²) in [5.74, 6) is 0.894. The first kappa shape index (κ1) is 20.7. The molecule has 5 rings (SSSR count). The molecule has 2 aliphatic heterocycles. The average molecular weight is 438 g/mol. The molecule has 1 unspecified atom stereocenters. The number of nitrogens with zero attached hydrogens (tertiary/aromatic N) is 3. The Hall–Kier alpha value is -2.18. The van der Waals surface area contributed by atoms with Gasteiger partial charge in [-0.05, 0) is 52.3 Å². The molecule has 0 N–H and O–H groups in total. The number of amides is 2. The van der Waals surface area contributed by atoms with E-state index in [0.29, 0.717) is 19.6 Å². The van der Waals surface area contributed by atoms with Crippen molar-refractivity contribution in [2.24, 2.45) is 0 Å². The third-order valence-corrected chi connectivity index (χ3v) is 7.86. The number of fused-ring (bicyclic) bond motifs is 1. The molecule has 164 valence electrons. The first-order valence-corrected chi connectivity index (χ1v) is 12.5. The number of hydrogen-bond acceptors (Lipinski definition) is 4. The second-order valence-electron chi connectivity index (χ2n) is 9.24. The van der Waals surface area contributed by atoms with Crippen LogP contribution in [-0.2, 0) is 22.7 Å². The van der Waals surface area contributed by atoms with Crippen molar-refractivity contribution in [1.29, 1.82) is 0 Å². The fourth-order valence-corrected chi connectivity index (χ4v) is 6.02. The molecule has 2 saturated heterocycles. The number of piperazine rings is 2. The largest absolute Gasteiger partial charge is 0.327 e. The Kier molecular flexibility index (Phi) is 6.10. The molecule has 5 nitrogen and oxygen atoms in total. The van der Waals surface area contributed by atoms with Crippen LogP contribution in [0.2, 0.25) is 0 Å². The molecule has 1 saturated carbocycles. The first-order chi connectivity index (χ1) is 15.2. The van der Waals surface area contributed by atoms with E-state index < -0.39 is 0 Å². The van der Waals surface area contributed by atoms with E-state index in [1.165, 1.54) is 43.2 Å². The lowest BCUT2D eigenvalue weighted by Gasteiger charge is -2.46. The quantitative estimate of drug-likeness (QED) is 0.714. The molecule has 1 aromatic heterocycles. The molecule has 1 aromatic carbocycles. The maximum Gasteiger partial charge on any atom is 0.247 e. The molecule has 0 radical (unpaired) electrons. The minimum atomic E-state index is -0.352. The lowest BCUT2D eigenvalue weighted by Crippen LogP contribution is -2.66. The Labute approximate surface area is 188 Å². The molecule has 0 spiro atoms. The van der Waals surface area contributed by atoms with Gasteiger partial charge in [-0.3, -0.25) is 14.5 Å². The predicted octanol–water partition coefficient (Wildman–Crippen LogP) is 3.85. The highest BCUT2D eigenvalue weighted by Gasteiger charge is 2.42. The van der Waals surface area contributed by atoms with Crippen LogP contribution in [0.4, 0.5) is 0 Å². The van der Waals surface area contributed by atoms with Gasteiger partial charge in [0, 0.05) is 32.7 Å². The summed E-state index contributed by atoms with van der Waals surface area (Å²) in [6.07, 6.45) is 6.73. The molecule has 1 aliphatic carbocycles. The van der Waals surface area contributed by atoms with Crippen molar-refractivity contribution in [3.8, 4) is 0 Å². The summed E-state index contributed by atoms with van der Waals surface area (Å²) in [5, 5.41) is 4.06. The highest BCUT2D eigenvalue weighted by molar-refractivity contribution is 7.07. The number of benzene rings is 1. The van der Waals surface area contributed by atoms with Gasteiger partial charge >= 0.3 is 0 Å². The monoisotopic (exact) mass is 437 g/mol. The summed E-state index contributed by atoms with van der Waals surface area (Å²) >= 11 is 1.62. The molecule has 6 heteroatoms. The van der Waals surface area contributed by atoms with E-state index in [1.54, 1.807) is 21.1 Å². The van der Waals surface area contributed by atoms with Crippen LogP contribution in [0, 0.1) is 0 Å². The number of hydrogen-bond donors (Lipinski definition) is 0. The molecule has 3 fully saturated rings. The molecule has 1 atom stereocenters. The van der Waals surface area contributed by atoms with Crippen LogP contribution in [0.5, 0.6) is 0 Å². The normalized spacial score (nSPS) is 23.3. The fraction of sp³-hybridized carbons (Fsp3) is 0.520.